The molecule has 0 aromatic heterocycles. The van der Waals surface area contributed by atoms with E-state index in [2.05, 4.69) is 12.2 Å². The van der Waals surface area contributed by atoms with E-state index < -0.39 is 0 Å². The summed E-state index contributed by atoms with van der Waals surface area (Å²) in [4.78, 5) is 12.0. The predicted molar refractivity (Wildman–Crippen MR) is 65.3 cm³/mol. The third-order valence-corrected chi connectivity index (χ3v) is 3.37. The normalized spacial score (nSPS) is 17.6. The minimum absolute atomic E-state index is 0.00487. The minimum atomic E-state index is 0.00487. The molecule has 0 atom stereocenters. The van der Waals surface area contributed by atoms with E-state index in [9.17, 15) is 4.79 Å². The highest BCUT2D eigenvalue weighted by molar-refractivity contribution is 5.96. The van der Waals surface area contributed by atoms with Crippen molar-refractivity contribution in [3.05, 3.63) is 29.3 Å². The number of amides is 1. The first kappa shape index (κ1) is 11.0. The number of hydrogen-bond donors (Lipinski definition) is 2. The minimum Gasteiger partial charge on any atom is -0.399 e. The van der Waals surface area contributed by atoms with Crippen molar-refractivity contribution in [3.63, 3.8) is 0 Å². The second-order valence-corrected chi connectivity index (χ2v) is 4.94. The van der Waals surface area contributed by atoms with Crippen molar-refractivity contribution < 1.29 is 4.79 Å². The monoisotopic (exact) mass is 218 g/mol. The first-order valence-corrected chi connectivity index (χ1v) is 5.69. The smallest absolute Gasteiger partial charge is 0.251 e. The number of nitrogen functional groups attached to an aromatic ring is 1. The maximum absolute atomic E-state index is 12.0. The second kappa shape index (κ2) is 3.81. The van der Waals surface area contributed by atoms with Crippen LogP contribution in [0.2, 0.25) is 0 Å². The van der Waals surface area contributed by atoms with E-state index in [1.165, 1.54) is 6.42 Å². The summed E-state index contributed by atoms with van der Waals surface area (Å²) >= 11 is 0. The van der Waals surface area contributed by atoms with E-state index in [1.54, 1.807) is 12.1 Å². The number of anilines is 1. The Bertz CT molecular complexity index is 422. The Balaban J connectivity index is 2.14. The van der Waals surface area contributed by atoms with Gasteiger partial charge in [-0.2, -0.15) is 0 Å². The zero-order valence-corrected chi connectivity index (χ0v) is 9.84. The van der Waals surface area contributed by atoms with Crippen molar-refractivity contribution in [3.8, 4) is 0 Å². The molecule has 0 spiro atoms. The fourth-order valence-corrected chi connectivity index (χ4v) is 2.12. The highest BCUT2D eigenvalue weighted by Crippen LogP contribution is 2.31. The summed E-state index contributed by atoms with van der Waals surface area (Å²) in [6.07, 6.45) is 3.36. The summed E-state index contributed by atoms with van der Waals surface area (Å²) in [5.41, 5.74) is 8.02. The fraction of sp³-hybridized carbons (Fsp3) is 0.462. The van der Waals surface area contributed by atoms with Crippen LogP contribution in [-0.4, -0.2) is 11.4 Å². The lowest BCUT2D eigenvalue weighted by molar-refractivity contribution is 0.0850. The van der Waals surface area contributed by atoms with E-state index >= 15 is 0 Å². The molecule has 1 aliphatic rings. The lowest BCUT2D eigenvalue weighted by Gasteiger charge is -2.39. The quantitative estimate of drug-likeness (QED) is 0.748. The van der Waals surface area contributed by atoms with Gasteiger partial charge >= 0.3 is 0 Å². The Kier molecular flexibility index (Phi) is 2.62. The van der Waals surface area contributed by atoms with Crippen LogP contribution < -0.4 is 11.1 Å². The van der Waals surface area contributed by atoms with Crippen LogP contribution in [0.3, 0.4) is 0 Å². The van der Waals surface area contributed by atoms with Gasteiger partial charge in [-0.15, -0.1) is 0 Å². The molecule has 86 valence electrons. The maximum Gasteiger partial charge on any atom is 0.251 e. The zero-order chi connectivity index (χ0) is 11.8. The van der Waals surface area contributed by atoms with Crippen molar-refractivity contribution in [1.82, 2.24) is 5.32 Å². The van der Waals surface area contributed by atoms with E-state index in [4.69, 9.17) is 5.73 Å². The summed E-state index contributed by atoms with van der Waals surface area (Å²) in [6, 6.07) is 5.39. The third-order valence-electron chi connectivity index (χ3n) is 3.37. The van der Waals surface area contributed by atoms with Gasteiger partial charge in [-0.1, -0.05) is 0 Å². The van der Waals surface area contributed by atoms with Crippen LogP contribution in [0.5, 0.6) is 0 Å². The van der Waals surface area contributed by atoms with Gasteiger partial charge in [0.05, 0.1) is 0 Å². The van der Waals surface area contributed by atoms with Crippen LogP contribution in [0.25, 0.3) is 0 Å². The Morgan fingerprint density at radius 3 is 2.62 bits per heavy atom. The second-order valence-electron chi connectivity index (χ2n) is 4.94. The molecule has 2 rings (SSSR count). The van der Waals surface area contributed by atoms with Crippen LogP contribution in [0.15, 0.2) is 18.2 Å². The van der Waals surface area contributed by atoms with Crippen LogP contribution in [0.4, 0.5) is 5.69 Å². The number of aryl methyl sites for hydroxylation is 1. The number of hydrogen-bond acceptors (Lipinski definition) is 2. The Morgan fingerprint density at radius 2 is 2.12 bits per heavy atom. The zero-order valence-electron chi connectivity index (χ0n) is 9.84. The Labute approximate surface area is 96.0 Å². The number of nitrogens with one attached hydrogen (secondary N) is 1. The van der Waals surface area contributed by atoms with Gasteiger partial charge in [-0.3, -0.25) is 4.79 Å². The number of rotatable bonds is 2. The standard InChI is InChI=1S/C13H18N2O/c1-9-8-10(14)4-5-11(9)12(16)15-13(2)6-3-7-13/h4-5,8H,3,6-7,14H2,1-2H3,(H,15,16). The number of nitrogens with two attached hydrogens (primary N) is 1. The SMILES string of the molecule is Cc1cc(N)ccc1C(=O)NC1(C)CCC1. The topological polar surface area (TPSA) is 55.1 Å². The molecule has 1 fully saturated rings. The number of carbonyl (C=O) groups is 1. The molecule has 16 heavy (non-hydrogen) atoms. The highest BCUT2D eigenvalue weighted by Gasteiger charge is 2.33. The van der Waals surface area contributed by atoms with Crippen molar-refractivity contribution in [2.45, 2.75) is 38.6 Å². The largest absolute Gasteiger partial charge is 0.399 e. The molecule has 1 aromatic rings. The first-order chi connectivity index (χ1) is 7.50. The van der Waals surface area contributed by atoms with Crippen LogP contribution in [-0.2, 0) is 0 Å². The van der Waals surface area contributed by atoms with Gasteiger partial charge in [0.25, 0.3) is 5.91 Å². The van der Waals surface area contributed by atoms with E-state index in [0.717, 1.165) is 24.0 Å². The fourth-order valence-electron chi connectivity index (χ4n) is 2.12. The summed E-state index contributed by atoms with van der Waals surface area (Å²) in [5.74, 6) is 0.0136. The van der Waals surface area contributed by atoms with Gasteiger partial charge < -0.3 is 11.1 Å². The molecule has 0 saturated heterocycles. The number of benzene rings is 1. The molecule has 0 radical (unpaired) electrons. The van der Waals surface area contributed by atoms with Crippen molar-refractivity contribution in [2.75, 3.05) is 5.73 Å². The lowest BCUT2D eigenvalue weighted by atomic mass is 9.78. The van der Waals surface area contributed by atoms with Gasteiger partial charge in [0, 0.05) is 16.8 Å². The molecule has 1 aliphatic carbocycles. The summed E-state index contributed by atoms with van der Waals surface area (Å²) in [6.45, 7) is 4.01. The van der Waals surface area contributed by atoms with Crippen LogP contribution in [0, 0.1) is 6.92 Å². The maximum atomic E-state index is 12.0. The first-order valence-electron chi connectivity index (χ1n) is 5.69. The highest BCUT2D eigenvalue weighted by atomic mass is 16.1. The van der Waals surface area contributed by atoms with Gasteiger partial charge in [0.15, 0.2) is 0 Å². The number of carbonyl (C=O) groups excluding carboxylic acids is 1. The molecule has 3 N–H and O–H groups in total. The Morgan fingerprint density at radius 1 is 1.44 bits per heavy atom. The van der Waals surface area contributed by atoms with Crippen molar-refractivity contribution >= 4 is 11.6 Å². The van der Waals surface area contributed by atoms with E-state index in [1.807, 2.05) is 13.0 Å². The lowest BCUT2D eigenvalue weighted by Crippen LogP contribution is -2.51. The molecule has 0 bridgehead atoms. The summed E-state index contributed by atoms with van der Waals surface area (Å²) in [7, 11) is 0. The molecule has 1 amide bonds. The third kappa shape index (κ3) is 2.03. The molecule has 0 aliphatic heterocycles. The van der Waals surface area contributed by atoms with E-state index in [0.29, 0.717) is 5.69 Å². The molecule has 1 aromatic carbocycles. The van der Waals surface area contributed by atoms with Crippen molar-refractivity contribution in [1.29, 1.82) is 0 Å². The summed E-state index contributed by atoms with van der Waals surface area (Å²) in [5, 5.41) is 3.09. The van der Waals surface area contributed by atoms with E-state index in [-0.39, 0.29) is 11.4 Å². The van der Waals surface area contributed by atoms with Crippen LogP contribution in [0.1, 0.15) is 42.1 Å². The average Bonchev–Trinajstić information content (AvgIpc) is 2.14. The van der Waals surface area contributed by atoms with Gasteiger partial charge in [0.2, 0.25) is 0 Å². The van der Waals surface area contributed by atoms with Gasteiger partial charge in [0.1, 0.15) is 0 Å². The molecule has 1 saturated carbocycles. The molecule has 3 nitrogen and oxygen atoms in total. The van der Waals surface area contributed by atoms with Crippen molar-refractivity contribution in [2.24, 2.45) is 0 Å². The van der Waals surface area contributed by atoms with Crippen LogP contribution >= 0.6 is 0 Å². The Hall–Kier alpha value is -1.51. The predicted octanol–water partition coefficient (Wildman–Crippen LogP) is 2.25. The average molecular weight is 218 g/mol. The van der Waals surface area contributed by atoms with Gasteiger partial charge in [-0.25, -0.2) is 0 Å². The summed E-state index contributed by atoms with van der Waals surface area (Å²) < 4.78 is 0. The molecule has 3 heteroatoms. The molecular weight excluding hydrogens is 200 g/mol. The van der Waals surface area contributed by atoms with Gasteiger partial charge in [-0.05, 0) is 56.9 Å². The molecule has 0 unspecified atom stereocenters. The molecule has 0 heterocycles. The molecular formula is C13H18N2O.